The fourth-order valence-corrected chi connectivity index (χ4v) is 1.53. The van der Waals surface area contributed by atoms with Crippen LogP contribution in [0, 0.1) is 51.0 Å². The fourth-order valence-electron chi connectivity index (χ4n) is 1.53. The minimum Gasteiger partial charge on any atom is -0.658 e. The summed E-state index contributed by atoms with van der Waals surface area (Å²) in [6.07, 6.45) is 1.04. The molecular weight excluding hydrogens is 389 g/mol. The van der Waals surface area contributed by atoms with Crippen molar-refractivity contribution in [2.45, 2.75) is 19.9 Å². The first-order valence-electron chi connectivity index (χ1n) is 4.72. The van der Waals surface area contributed by atoms with Crippen LogP contribution in [0.25, 0.3) is 5.32 Å². The number of aryl methyl sites for hydroxylation is 1. The monoisotopic (exact) mass is 403 g/mol. The van der Waals surface area contributed by atoms with Crippen LogP contribution >= 0.6 is 0 Å². The standard InChI is InChI=1S/C11H14NO.Ac/c1-9-3-4-11-10(7-9)8-12-5-2-6-13-11;/h3-4,7H,2,5-6,8H2,1H3;/q-1;. The van der Waals surface area contributed by atoms with Gasteiger partial charge in [0.1, 0.15) is 5.75 Å². The van der Waals surface area contributed by atoms with E-state index in [-0.39, 0.29) is 44.1 Å². The first kappa shape index (κ1) is 12.5. The molecule has 1 aromatic rings. The van der Waals surface area contributed by atoms with Gasteiger partial charge in [-0.15, -0.1) is 13.1 Å². The maximum atomic E-state index is 5.62. The first-order chi connectivity index (χ1) is 6.36. The van der Waals surface area contributed by atoms with Crippen molar-refractivity contribution in [3.63, 3.8) is 0 Å². The number of benzene rings is 1. The van der Waals surface area contributed by atoms with Crippen LogP contribution in [0.1, 0.15) is 17.5 Å². The molecule has 0 saturated carbocycles. The summed E-state index contributed by atoms with van der Waals surface area (Å²) in [5.41, 5.74) is 2.50. The third-order valence-corrected chi connectivity index (χ3v) is 2.22. The summed E-state index contributed by atoms with van der Waals surface area (Å²) in [6, 6.07) is 6.29. The summed E-state index contributed by atoms with van der Waals surface area (Å²) < 4.78 is 5.62. The topological polar surface area (TPSA) is 23.3 Å². The van der Waals surface area contributed by atoms with Crippen molar-refractivity contribution in [3.8, 4) is 5.75 Å². The van der Waals surface area contributed by atoms with Crippen LogP contribution in [0.5, 0.6) is 5.75 Å². The number of fused-ring (bicyclic) bond motifs is 1. The summed E-state index contributed by atoms with van der Waals surface area (Å²) >= 11 is 0. The van der Waals surface area contributed by atoms with Gasteiger partial charge in [0, 0.05) is 44.1 Å². The molecule has 0 saturated heterocycles. The van der Waals surface area contributed by atoms with E-state index in [1.165, 1.54) is 11.1 Å². The Morgan fingerprint density at radius 1 is 1.36 bits per heavy atom. The van der Waals surface area contributed by atoms with Crippen LogP contribution < -0.4 is 4.74 Å². The van der Waals surface area contributed by atoms with Gasteiger partial charge in [0.15, 0.2) is 0 Å². The molecular formula is C11H14AcNO-. The SMILES string of the molecule is Cc1ccc2c(c1)C[N-]CCCO2.[Ac]. The van der Waals surface area contributed by atoms with Crippen LogP contribution in [0.4, 0.5) is 0 Å². The van der Waals surface area contributed by atoms with Gasteiger partial charge in [0.2, 0.25) is 0 Å². The minimum atomic E-state index is 0. The van der Waals surface area contributed by atoms with Gasteiger partial charge in [0.05, 0.1) is 6.61 Å². The minimum absolute atomic E-state index is 0. The quantitative estimate of drug-likeness (QED) is 0.654. The van der Waals surface area contributed by atoms with Crippen LogP contribution in [0.2, 0.25) is 0 Å². The van der Waals surface area contributed by atoms with Gasteiger partial charge >= 0.3 is 0 Å². The number of hydrogen-bond acceptors (Lipinski definition) is 1. The maximum Gasteiger partial charge on any atom is 0.120 e. The molecule has 14 heavy (non-hydrogen) atoms. The summed E-state index contributed by atoms with van der Waals surface area (Å²) in [7, 11) is 0. The molecule has 73 valence electrons. The van der Waals surface area contributed by atoms with E-state index in [0.29, 0.717) is 0 Å². The Bertz CT molecular complexity index is 301. The summed E-state index contributed by atoms with van der Waals surface area (Å²) in [6.45, 7) is 4.61. The summed E-state index contributed by atoms with van der Waals surface area (Å²) in [5.74, 6) is 1.01. The number of ether oxygens (including phenoxy) is 1. The molecule has 1 radical (unpaired) electrons. The predicted molar refractivity (Wildman–Crippen MR) is 53.2 cm³/mol. The van der Waals surface area contributed by atoms with Gasteiger partial charge in [-0.3, -0.25) is 0 Å². The zero-order valence-corrected chi connectivity index (χ0v) is 13.2. The second kappa shape index (κ2) is 6.10. The Balaban J connectivity index is 0.000000980. The fraction of sp³-hybridized carbons (Fsp3) is 0.455. The van der Waals surface area contributed by atoms with Gasteiger partial charge in [-0.05, 0) is 25.0 Å². The number of rotatable bonds is 0. The second-order valence-corrected chi connectivity index (χ2v) is 3.42. The normalized spacial score (nSPS) is 15.5. The van der Waals surface area contributed by atoms with Crippen molar-refractivity contribution in [2.24, 2.45) is 0 Å². The van der Waals surface area contributed by atoms with E-state index in [1.807, 2.05) is 6.07 Å². The van der Waals surface area contributed by atoms with E-state index < -0.39 is 0 Å². The Morgan fingerprint density at radius 3 is 3.07 bits per heavy atom. The molecule has 0 spiro atoms. The zero-order chi connectivity index (χ0) is 9.10. The van der Waals surface area contributed by atoms with E-state index in [0.717, 1.165) is 31.9 Å². The predicted octanol–water partition coefficient (Wildman–Crippen LogP) is 2.65. The Morgan fingerprint density at radius 2 is 2.21 bits per heavy atom. The van der Waals surface area contributed by atoms with Gasteiger partial charge in [0.25, 0.3) is 0 Å². The van der Waals surface area contributed by atoms with Gasteiger partial charge in [-0.1, -0.05) is 17.7 Å². The molecule has 0 N–H and O–H groups in total. The molecule has 3 heteroatoms. The average Bonchev–Trinajstić information content (AvgIpc) is 2.08. The molecule has 0 atom stereocenters. The molecule has 0 aliphatic carbocycles. The van der Waals surface area contributed by atoms with E-state index >= 15 is 0 Å². The van der Waals surface area contributed by atoms with Gasteiger partial charge in [-0.25, -0.2) is 0 Å². The summed E-state index contributed by atoms with van der Waals surface area (Å²) in [4.78, 5) is 0. The first-order valence-corrected chi connectivity index (χ1v) is 4.72. The molecule has 0 unspecified atom stereocenters. The zero-order valence-electron chi connectivity index (χ0n) is 8.49. The van der Waals surface area contributed by atoms with E-state index in [4.69, 9.17) is 4.74 Å². The van der Waals surface area contributed by atoms with Gasteiger partial charge < -0.3 is 10.1 Å². The van der Waals surface area contributed by atoms with Crippen molar-refractivity contribution in [1.82, 2.24) is 0 Å². The Labute approximate surface area is 121 Å². The van der Waals surface area contributed by atoms with Crippen LogP contribution in [-0.2, 0) is 6.54 Å². The largest absolute Gasteiger partial charge is 0.658 e. The molecule has 0 bridgehead atoms. The molecule has 0 aromatic heterocycles. The van der Waals surface area contributed by atoms with Crippen molar-refractivity contribution in [2.75, 3.05) is 13.2 Å². The Kier molecular flexibility index (Phi) is 5.44. The molecule has 0 amide bonds. The van der Waals surface area contributed by atoms with Crippen molar-refractivity contribution in [3.05, 3.63) is 34.6 Å². The van der Waals surface area contributed by atoms with Crippen molar-refractivity contribution < 1.29 is 48.8 Å². The van der Waals surface area contributed by atoms with Crippen molar-refractivity contribution >= 4 is 0 Å². The third kappa shape index (κ3) is 3.22. The molecule has 1 aliphatic heterocycles. The molecule has 2 rings (SSSR count). The van der Waals surface area contributed by atoms with E-state index in [2.05, 4.69) is 24.4 Å². The molecule has 2 nitrogen and oxygen atoms in total. The molecule has 1 aromatic carbocycles. The summed E-state index contributed by atoms with van der Waals surface area (Å²) in [5, 5.41) is 4.43. The maximum absolute atomic E-state index is 5.62. The van der Waals surface area contributed by atoms with Crippen LogP contribution in [-0.4, -0.2) is 13.2 Å². The second-order valence-electron chi connectivity index (χ2n) is 3.42. The van der Waals surface area contributed by atoms with E-state index in [9.17, 15) is 0 Å². The van der Waals surface area contributed by atoms with Crippen LogP contribution in [0.3, 0.4) is 0 Å². The van der Waals surface area contributed by atoms with Crippen molar-refractivity contribution in [1.29, 1.82) is 0 Å². The van der Waals surface area contributed by atoms with Crippen LogP contribution in [0.15, 0.2) is 18.2 Å². The number of nitrogens with zero attached hydrogens (tertiary/aromatic N) is 1. The van der Waals surface area contributed by atoms with Gasteiger partial charge in [-0.2, -0.15) is 0 Å². The molecule has 1 aliphatic rings. The number of hydrogen-bond donors (Lipinski definition) is 0. The Hall–Kier alpha value is 0.422. The molecule has 0 fully saturated rings. The smallest absolute Gasteiger partial charge is 0.120 e. The van der Waals surface area contributed by atoms with E-state index in [1.54, 1.807) is 0 Å². The third-order valence-electron chi connectivity index (χ3n) is 2.22. The molecule has 1 heterocycles. The average molecular weight is 403 g/mol.